The molecule has 1 aliphatic rings. The summed E-state index contributed by atoms with van der Waals surface area (Å²) in [7, 11) is 0. The van der Waals surface area contributed by atoms with Crippen molar-refractivity contribution in [2.75, 3.05) is 0 Å². The van der Waals surface area contributed by atoms with Gasteiger partial charge in [0.2, 0.25) is 5.91 Å². The Kier molecular flexibility index (Phi) is 4.65. The van der Waals surface area contributed by atoms with Gasteiger partial charge in [-0.15, -0.1) is 0 Å². The summed E-state index contributed by atoms with van der Waals surface area (Å²) in [6.07, 6.45) is 6.33. The average Bonchev–Trinajstić information content (AvgIpc) is 2.80. The highest BCUT2D eigenvalue weighted by molar-refractivity contribution is 5.98. The second-order valence-electron chi connectivity index (χ2n) is 6.03. The molecule has 116 valence electrons. The van der Waals surface area contributed by atoms with E-state index in [1.165, 1.54) is 6.39 Å². The fourth-order valence-electron chi connectivity index (χ4n) is 2.88. The number of primary amides is 1. The van der Waals surface area contributed by atoms with Gasteiger partial charge in [-0.2, -0.15) is 0 Å². The summed E-state index contributed by atoms with van der Waals surface area (Å²) >= 11 is 0. The first kappa shape index (κ1) is 15.5. The molecule has 1 aromatic rings. The summed E-state index contributed by atoms with van der Waals surface area (Å²) in [5.74, 6) is -0.270. The molecule has 21 heavy (non-hydrogen) atoms. The van der Waals surface area contributed by atoms with Gasteiger partial charge in [-0.05, 0) is 12.8 Å². The Balaban J connectivity index is 2.22. The van der Waals surface area contributed by atoms with Gasteiger partial charge < -0.3 is 15.5 Å². The number of aromatic nitrogens is 1. The SMILES string of the molecule is CC(C)c1ocnc1C(=O)NC1(C(N)=O)CCCCCC1. The van der Waals surface area contributed by atoms with Gasteiger partial charge in [0, 0.05) is 5.92 Å². The third-order valence-electron chi connectivity index (χ3n) is 4.12. The molecule has 0 bridgehead atoms. The Bertz CT molecular complexity index is 514. The molecule has 1 fully saturated rings. The van der Waals surface area contributed by atoms with E-state index in [1.807, 2.05) is 13.8 Å². The number of hydrogen-bond donors (Lipinski definition) is 2. The van der Waals surface area contributed by atoms with E-state index in [1.54, 1.807) is 0 Å². The largest absolute Gasteiger partial charge is 0.447 e. The fourth-order valence-corrected chi connectivity index (χ4v) is 2.88. The molecule has 1 heterocycles. The minimum absolute atomic E-state index is 0.0481. The Morgan fingerprint density at radius 2 is 1.90 bits per heavy atom. The highest BCUT2D eigenvalue weighted by Crippen LogP contribution is 2.28. The van der Waals surface area contributed by atoms with E-state index in [0.717, 1.165) is 25.7 Å². The molecule has 1 aliphatic carbocycles. The smallest absolute Gasteiger partial charge is 0.274 e. The van der Waals surface area contributed by atoms with Gasteiger partial charge in [0.25, 0.3) is 5.91 Å². The van der Waals surface area contributed by atoms with E-state index in [0.29, 0.717) is 18.6 Å². The number of rotatable bonds is 4. The Labute approximate surface area is 124 Å². The second-order valence-corrected chi connectivity index (χ2v) is 6.03. The van der Waals surface area contributed by atoms with Crippen LogP contribution >= 0.6 is 0 Å². The molecule has 0 spiro atoms. The van der Waals surface area contributed by atoms with Gasteiger partial charge in [0.1, 0.15) is 11.3 Å². The van der Waals surface area contributed by atoms with Gasteiger partial charge >= 0.3 is 0 Å². The van der Waals surface area contributed by atoms with E-state index in [4.69, 9.17) is 10.2 Å². The van der Waals surface area contributed by atoms with Crippen molar-refractivity contribution in [3.05, 3.63) is 17.8 Å². The van der Waals surface area contributed by atoms with Crippen LogP contribution in [0.3, 0.4) is 0 Å². The van der Waals surface area contributed by atoms with Crippen molar-refractivity contribution >= 4 is 11.8 Å². The molecular weight excluding hydrogens is 270 g/mol. The van der Waals surface area contributed by atoms with Crippen molar-refractivity contribution in [2.24, 2.45) is 5.73 Å². The van der Waals surface area contributed by atoms with Crippen LogP contribution < -0.4 is 11.1 Å². The topological polar surface area (TPSA) is 98.2 Å². The molecule has 0 atom stereocenters. The summed E-state index contributed by atoms with van der Waals surface area (Å²) in [6.45, 7) is 3.85. The molecule has 1 aromatic heterocycles. The fraction of sp³-hybridized carbons (Fsp3) is 0.667. The summed E-state index contributed by atoms with van der Waals surface area (Å²) in [5.41, 5.74) is 4.86. The molecule has 1 saturated carbocycles. The van der Waals surface area contributed by atoms with Gasteiger partial charge in [-0.25, -0.2) is 4.98 Å². The van der Waals surface area contributed by atoms with Crippen LogP contribution in [-0.4, -0.2) is 22.3 Å². The number of carbonyl (C=O) groups is 2. The lowest BCUT2D eigenvalue weighted by Crippen LogP contribution is -2.57. The highest BCUT2D eigenvalue weighted by atomic mass is 16.3. The molecule has 0 unspecified atom stereocenters. The monoisotopic (exact) mass is 293 g/mol. The summed E-state index contributed by atoms with van der Waals surface area (Å²) in [4.78, 5) is 28.4. The van der Waals surface area contributed by atoms with Crippen LogP contribution in [-0.2, 0) is 4.79 Å². The molecule has 3 N–H and O–H groups in total. The lowest BCUT2D eigenvalue weighted by atomic mass is 9.89. The van der Waals surface area contributed by atoms with Crippen LogP contribution in [0.1, 0.15) is 74.5 Å². The van der Waals surface area contributed by atoms with Crippen LogP contribution in [0.15, 0.2) is 10.8 Å². The maximum atomic E-state index is 12.5. The number of nitrogens with one attached hydrogen (secondary N) is 1. The van der Waals surface area contributed by atoms with E-state index in [2.05, 4.69) is 10.3 Å². The zero-order valence-electron chi connectivity index (χ0n) is 12.6. The first-order valence-corrected chi connectivity index (χ1v) is 7.52. The standard InChI is InChI=1S/C15H23N3O3/c1-10(2)12-11(17-9-21-12)13(19)18-15(14(16)20)7-5-3-4-6-8-15/h9-10H,3-8H2,1-2H3,(H2,16,20)(H,18,19). The lowest BCUT2D eigenvalue weighted by Gasteiger charge is -2.30. The van der Waals surface area contributed by atoms with E-state index in [-0.39, 0.29) is 17.5 Å². The predicted octanol–water partition coefficient (Wildman–Crippen LogP) is 2.11. The number of oxazole rings is 1. The number of carbonyl (C=O) groups excluding carboxylic acids is 2. The normalized spacial score (nSPS) is 18.2. The molecule has 2 rings (SSSR count). The van der Waals surface area contributed by atoms with Crippen LogP contribution in [0.2, 0.25) is 0 Å². The summed E-state index contributed by atoms with van der Waals surface area (Å²) in [6, 6.07) is 0. The number of nitrogens with two attached hydrogens (primary N) is 1. The number of amides is 2. The van der Waals surface area contributed by atoms with E-state index >= 15 is 0 Å². The zero-order valence-corrected chi connectivity index (χ0v) is 12.6. The lowest BCUT2D eigenvalue weighted by molar-refractivity contribution is -0.124. The summed E-state index contributed by atoms with van der Waals surface area (Å²) < 4.78 is 5.27. The van der Waals surface area contributed by atoms with Crippen molar-refractivity contribution < 1.29 is 14.0 Å². The minimum atomic E-state index is -0.958. The quantitative estimate of drug-likeness (QED) is 0.830. The molecule has 6 heteroatoms. The Morgan fingerprint density at radius 1 is 1.29 bits per heavy atom. The Morgan fingerprint density at radius 3 is 2.43 bits per heavy atom. The molecular formula is C15H23N3O3. The van der Waals surface area contributed by atoms with Crippen LogP contribution in [0, 0.1) is 0 Å². The van der Waals surface area contributed by atoms with Crippen molar-refractivity contribution in [3.8, 4) is 0 Å². The maximum Gasteiger partial charge on any atom is 0.274 e. The highest BCUT2D eigenvalue weighted by Gasteiger charge is 2.39. The van der Waals surface area contributed by atoms with Crippen molar-refractivity contribution in [1.29, 1.82) is 0 Å². The molecule has 6 nitrogen and oxygen atoms in total. The number of hydrogen-bond acceptors (Lipinski definition) is 4. The molecule has 2 amide bonds. The average molecular weight is 293 g/mol. The van der Waals surface area contributed by atoms with Crippen LogP contribution in [0.4, 0.5) is 0 Å². The third-order valence-corrected chi connectivity index (χ3v) is 4.12. The van der Waals surface area contributed by atoms with Gasteiger partial charge in [0.15, 0.2) is 12.1 Å². The van der Waals surface area contributed by atoms with Crippen molar-refractivity contribution in [1.82, 2.24) is 10.3 Å². The van der Waals surface area contributed by atoms with Gasteiger partial charge in [-0.3, -0.25) is 9.59 Å². The molecule has 0 saturated heterocycles. The predicted molar refractivity (Wildman–Crippen MR) is 77.7 cm³/mol. The van der Waals surface area contributed by atoms with Crippen molar-refractivity contribution in [2.45, 2.75) is 63.8 Å². The number of nitrogens with zero attached hydrogens (tertiary/aromatic N) is 1. The third kappa shape index (κ3) is 3.25. The molecule has 0 aromatic carbocycles. The zero-order chi connectivity index (χ0) is 15.5. The van der Waals surface area contributed by atoms with Crippen molar-refractivity contribution in [3.63, 3.8) is 0 Å². The molecule has 0 radical (unpaired) electrons. The second kappa shape index (κ2) is 6.28. The first-order chi connectivity index (χ1) is 9.96. The summed E-state index contributed by atoms with van der Waals surface area (Å²) in [5, 5.41) is 2.83. The van der Waals surface area contributed by atoms with Gasteiger partial charge in [-0.1, -0.05) is 39.5 Å². The van der Waals surface area contributed by atoms with Gasteiger partial charge in [0.05, 0.1) is 0 Å². The Hall–Kier alpha value is -1.85. The first-order valence-electron chi connectivity index (χ1n) is 7.52. The van der Waals surface area contributed by atoms with Crippen LogP contribution in [0.5, 0.6) is 0 Å². The minimum Gasteiger partial charge on any atom is -0.447 e. The van der Waals surface area contributed by atoms with Crippen LogP contribution in [0.25, 0.3) is 0 Å². The maximum absolute atomic E-state index is 12.5. The molecule has 0 aliphatic heterocycles. The van der Waals surface area contributed by atoms with E-state index in [9.17, 15) is 9.59 Å². The van der Waals surface area contributed by atoms with E-state index < -0.39 is 11.4 Å².